The molecule has 3 N–H and O–H groups in total. The molecular formula is C12H16N2O4S. The van der Waals surface area contributed by atoms with Crippen LogP contribution in [0.5, 0.6) is 0 Å². The van der Waals surface area contributed by atoms with Crippen molar-refractivity contribution < 1.29 is 19.5 Å². The Morgan fingerprint density at radius 3 is 2.42 bits per heavy atom. The van der Waals surface area contributed by atoms with E-state index in [2.05, 4.69) is 11.2 Å². The highest BCUT2D eigenvalue weighted by Gasteiger charge is 2.14. The molecule has 0 aliphatic rings. The lowest BCUT2D eigenvalue weighted by atomic mass is 10.1. The van der Waals surface area contributed by atoms with Gasteiger partial charge in [0, 0.05) is 23.4 Å². The first-order chi connectivity index (χ1) is 8.90. The van der Waals surface area contributed by atoms with E-state index in [4.69, 9.17) is 11.5 Å². The normalized spacial score (nSPS) is 11.0. The molecule has 0 saturated carbocycles. The number of carbonyl (C=O) groups is 3. The van der Waals surface area contributed by atoms with Crippen molar-refractivity contribution in [1.29, 1.82) is 0 Å². The number of carboxylic acid groups (broad SMARTS) is 1. The number of imide groups is 1. The van der Waals surface area contributed by atoms with Crippen LogP contribution in [0.4, 0.5) is 4.79 Å². The van der Waals surface area contributed by atoms with E-state index in [-0.39, 0.29) is 11.1 Å². The van der Waals surface area contributed by atoms with Crippen LogP contribution in [0.3, 0.4) is 0 Å². The van der Waals surface area contributed by atoms with E-state index in [9.17, 15) is 14.4 Å². The fourth-order valence-corrected chi connectivity index (χ4v) is 1.45. The highest BCUT2D eigenvalue weighted by Crippen LogP contribution is 2.03. The summed E-state index contributed by atoms with van der Waals surface area (Å²) in [6, 6.07) is -0.663. The minimum Gasteiger partial charge on any atom is -0.478 e. The number of terminal acetylenes is 1. The topological polar surface area (TPSA) is 95.5 Å². The van der Waals surface area contributed by atoms with Crippen molar-refractivity contribution in [2.45, 2.75) is 13.8 Å². The Kier molecular flexibility index (Phi) is 8.13. The summed E-state index contributed by atoms with van der Waals surface area (Å²) >= 11 is 1.48. The zero-order valence-electron chi connectivity index (χ0n) is 10.8. The van der Waals surface area contributed by atoms with Gasteiger partial charge in [0.15, 0.2) is 0 Å². The molecule has 0 fully saturated rings. The first-order valence-corrected chi connectivity index (χ1v) is 6.56. The molecule has 0 heterocycles. The summed E-state index contributed by atoms with van der Waals surface area (Å²) in [4.78, 5) is 33.5. The van der Waals surface area contributed by atoms with Gasteiger partial charge in [0.2, 0.25) is 0 Å². The van der Waals surface area contributed by atoms with Gasteiger partial charge in [0.1, 0.15) is 0 Å². The standard InChI is InChI=1S/C12H16N2O4S/c1-4-6-19-7-5-13-12(18)14-10(15)8(2)9(3)11(16)17/h1H,5-7H2,2-3H3,(H,16,17)(H2,13,14,15,18). The predicted molar refractivity (Wildman–Crippen MR) is 73.7 cm³/mol. The Hall–Kier alpha value is -1.94. The summed E-state index contributed by atoms with van der Waals surface area (Å²) in [5, 5.41) is 13.2. The number of urea groups is 1. The van der Waals surface area contributed by atoms with Crippen molar-refractivity contribution >= 4 is 29.7 Å². The fraction of sp³-hybridized carbons (Fsp3) is 0.417. The Balaban J connectivity index is 4.14. The number of thioether (sulfide) groups is 1. The third-order valence-corrected chi connectivity index (χ3v) is 3.03. The van der Waals surface area contributed by atoms with Crippen LogP contribution in [0, 0.1) is 12.3 Å². The van der Waals surface area contributed by atoms with Crippen LogP contribution >= 0.6 is 11.8 Å². The van der Waals surface area contributed by atoms with Gasteiger partial charge in [0.25, 0.3) is 5.91 Å². The van der Waals surface area contributed by atoms with E-state index in [1.54, 1.807) is 0 Å². The maximum Gasteiger partial charge on any atom is 0.331 e. The molecule has 0 radical (unpaired) electrons. The number of rotatable bonds is 6. The highest BCUT2D eigenvalue weighted by atomic mass is 32.2. The molecule has 0 aromatic rings. The Morgan fingerprint density at radius 1 is 1.26 bits per heavy atom. The lowest BCUT2D eigenvalue weighted by Crippen LogP contribution is -2.41. The minimum absolute atomic E-state index is 0.00985. The summed E-state index contributed by atoms with van der Waals surface area (Å²) in [6.07, 6.45) is 5.05. The van der Waals surface area contributed by atoms with Crippen molar-refractivity contribution in [1.82, 2.24) is 10.6 Å². The molecule has 0 saturated heterocycles. The molecule has 0 aliphatic heterocycles. The third-order valence-electron chi connectivity index (χ3n) is 2.17. The summed E-state index contributed by atoms with van der Waals surface area (Å²) in [5.41, 5.74) is -0.112. The molecule has 0 atom stereocenters. The maximum absolute atomic E-state index is 11.5. The van der Waals surface area contributed by atoms with Gasteiger partial charge < -0.3 is 10.4 Å². The van der Waals surface area contributed by atoms with E-state index < -0.39 is 17.9 Å². The fourth-order valence-electron chi connectivity index (χ4n) is 0.940. The molecule has 0 bridgehead atoms. The molecule has 0 aromatic carbocycles. The van der Waals surface area contributed by atoms with Crippen LogP contribution in [-0.4, -0.2) is 41.1 Å². The van der Waals surface area contributed by atoms with Gasteiger partial charge in [-0.15, -0.1) is 18.2 Å². The van der Waals surface area contributed by atoms with Crippen LogP contribution in [0.2, 0.25) is 0 Å². The number of hydrogen-bond donors (Lipinski definition) is 3. The van der Waals surface area contributed by atoms with Crippen molar-refractivity contribution in [3.63, 3.8) is 0 Å². The Labute approximate surface area is 116 Å². The van der Waals surface area contributed by atoms with Crippen molar-refractivity contribution in [2.24, 2.45) is 0 Å². The number of carbonyl (C=O) groups excluding carboxylic acids is 2. The molecule has 6 nitrogen and oxygen atoms in total. The first-order valence-electron chi connectivity index (χ1n) is 5.41. The Bertz CT molecular complexity index is 438. The van der Waals surface area contributed by atoms with Crippen LogP contribution in [-0.2, 0) is 9.59 Å². The number of aliphatic carboxylic acids is 1. The molecule has 0 rings (SSSR count). The lowest BCUT2D eigenvalue weighted by molar-refractivity contribution is -0.133. The molecular weight excluding hydrogens is 268 g/mol. The average Bonchev–Trinajstić information content (AvgIpc) is 2.36. The molecule has 104 valence electrons. The maximum atomic E-state index is 11.5. The monoisotopic (exact) mass is 284 g/mol. The van der Waals surface area contributed by atoms with E-state index in [0.29, 0.717) is 18.1 Å². The largest absolute Gasteiger partial charge is 0.478 e. The SMILES string of the molecule is C#CCSCCNC(=O)NC(=O)C(C)=C(C)C(=O)O. The van der Waals surface area contributed by atoms with Gasteiger partial charge in [0.05, 0.1) is 5.75 Å². The summed E-state index contributed by atoms with van der Waals surface area (Å²) in [7, 11) is 0. The Morgan fingerprint density at radius 2 is 1.89 bits per heavy atom. The van der Waals surface area contributed by atoms with Crippen LogP contribution < -0.4 is 10.6 Å². The van der Waals surface area contributed by atoms with Gasteiger partial charge in [-0.05, 0) is 13.8 Å². The minimum atomic E-state index is -1.20. The number of hydrogen-bond acceptors (Lipinski definition) is 4. The van der Waals surface area contributed by atoms with Gasteiger partial charge in [-0.3, -0.25) is 10.1 Å². The highest BCUT2D eigenvalue weighted by molar-refractivity contribution is 7.99. The molecule has 0 aromatic heterocycles. The van der Waals surface area contributed by atoms with Crippen LogP contribution in [0.25, 0.3) is 0 Å². The molecule has 7 heteroatoms. The van der Waals surface area contributed by atoms with Crippen molar-refractivity contribution in [2.75, 3.05) is 18.1 Å². The smallest absolute Gasteiger partial charge is 0.331 e. The molecule has 3 amide bonds. The average molecular weight is 284 g/mol. The zero-order chi connectivity index (χ0) is 14.8. The van der Waals surface area contributed by atoms with Crippen LogP contribution in [0.15, 0.2) is 11.1 Å². The number of nitrogens with one attached hydrogen (secondary N) is 2. The lowest BCUT2D eigenvalue weighted by Gasteiger charge is -2.07. The van der Waals surface area contributed by atoms with E-state index >= 15 is 0 Å². The second kappa shape index (κ2) is 9.05. The molecule has 19 heavy (non-hydrogen) atoms. The van der Waals surface area contributed by atoms with E-state index in [1.165, 1.54) is 25.6 Å². The zero-order valence-corrected chi connectivity index (χ0v) is 11.6. The van der Waals surface area contributed by atoms with Crippen LogP contribution in [0.1, 0.15) is 13.8 Å². The summed E-state index contributed by atoms with van der Waals surface area (Å²) < 4.78 is 0. The van der Waals surface area contributed by atoms with Crippen molar-refractivity contribution in [3.8, 4) is 12.3 Å². The molecule has 0 aliphatic carbocycles. The summed E-state index contributed by atoms with van der Waals surface area (Å²) in [5.74, 6) is 1.71. The second-order valence-electron chi connectivity index (χ2n) is 3.52. The van der Waals surface area contributed by atoms with Gasteiger partial charge in [-0.1, -0.05) is 5.92 Å². The molecule has 0 spiro atoms. The molecule has 0 unspecified atom stereocenters. The number of carboxylic acids is 1. The first kappa shape index (κ1) is 17.1. The van der Waals surface area contributed by atoms with Gasteiger partial charge in [-0.2, -0.15) is 0 Å². The quantitative estimate of drug-likeness (QED) is 0.377. The van der Waals surface area contributed by atoms with Crippen molar-refractivity contribution in [3.05, 3.63) is 11.1 Å². The van der Waals surface area contributed by atoms with E-state index in [0.717, 1.165) is 0 Å². The van der Waals surface area contributed by atoms with Gasteiger partial charge >= 0.3 is 12.0 Å². The van der Waals surface area contributed by atoms with Gasteiger partial charge in [-0.25, -0.2) is 9.59 Å². The second-order valence-corrected chi connectivity index (χ2v) is 4.63. The number of amides is 3. The van der Waals surface area contributed by atoms with E-state index in [1.807, 2.05) is 5.32 Å². The summed E-state index contributed by atoms with van der Waals surface area (Å²) in [6.45, 7) is 3.01. The predicted octanol–water partition coefficient (Wildman–Crippen LogP) is 0.600. The third kappa shape index (κ3) is 7.16.